The van der Waals surface area contributed by atoms with E-state index in [-0.39, 0.29) is 5.97 Å². The van der Waals surface area contributed by atoms with E-state index < -0.39 is 0 Å². The first-order valence-corrected chi connectivity index (χ1v) is 10.8. The van der Waals surface area contributed by atoms with Gasteiger partial charge in [0.2, 0.25) is 0 Å². The molecule has 1 atom stereocenters. The summed E-state index contributed by atoms with van der Waals surface area (Å²) in [5, 5.41) is 0. The topological polar surface area (TPSA) is 38.8 Å². The SMILES string of the molecule is CCCN(CCC)[C@H]1CCc2c(ccc(OCc3ccccc3)c2C(=O)OC)C1. The number of fused-ring (bicyclic) bond motifs is 1. The summed E-state index contributed by atoms with van der Waals surface area (Å²) in [7, 11) is 1.44. The van der Waals surface area contributed by atoms with Crippen LogP contribution in [0.2, 0.25) is 0 Å². The van der Waals surface area contributed by atoms with Crippen LogP contribution in [-0.4, -0.2) is 37.1 Å². The number of ether oxygens (including phenoxy) is 2. The summed E-state index contributed by atoms with van der Waals surface area (Å²) < 4.78 is 11.2. The predicted octanol–water partition coefficient (Wildman–Crippen LogP) is 5.03. The molecule has 2 aromatic carbocycles. The van der Waals surface area contributed by atoms with Crippen molar-refractivity contribution in [2.75, 3.05) is 20.2 Å². The number of hydrogen-bond donors (Lipinski definition) is 0. The summed E-state index contributed by atoms with van der Waals surface area (Å²) in [6.07, 6.45) is 5.28. The molecule has 156 valence electrons. The number of benzene rings is 2. The number of esters is 1. The van der Waals surface area contributed by atoms with E-state index in [0.717, 1.165) is 43.5 Å². The van der Waals surface area contributed by atoms with Crippen molar-refractivity contribution in [2.45, 2.75) is 58.6 Å². The van der Waals surface area contributed by atoms with Crippen LogP contribution in [0, 0.1) is 0 Å². The zero-order valence-corrected chi connectivity index (χ0v) is 17.9. The molecule has 29 heavy (non-hydrogen) atoms. The van der Waals surface area contributed by atoms with Gasteiger partial charge in [-0.15, -0.1) is 0 Å². The van der Waals surface area contributed by atoms with E-state index in [4.69, 9.17) is 9.47 Å². The van der Waals surface area contributed by atoms with E-state index in [1.54, 1.807) is 0 Å². The van der Waals surface area contributed by atoms with E-state index in [1.807, 2.05) is 36.4 Å². The molecule has 0 aliphatic heterocycles. The summed E-state index contributed by atoms with van der Waals surface area (Å²) in [5.41, 5.74) is 4.05. The fourth-order valence-electron chi connectivity index (χ4n) is 4.36. The van der Waals surface area contributed by atoms with Crippen LogP contribution in [0.5, 0.6) is 5.75 Å². The highest BCUT2D eigenvalue weighted by Crippen LogP contribution is 2.34. The van der Waals surface area contributed by atoms with Crippen LogP contribution in [-0.2, 0) is 24.2 Å². The lowest BCUT2D eigenvalue weighted by molar-refractivity contribution is 0.0593. The quantitative estimate of drug-likeness (QED) is 0.558. The van der Waals surface area contributed by atoms with Crippen molar-refractivity contribution in [1.29, 1.82) is 0 Å². The van der Waals surface area contributed by atoms with Gasteiger partial charge in [-0.1, -0.05) is 50.2 Å². The van der Waals surface area contributed by atoms with E-state index in [0.29, 0.717) is 24.0 Å². The second-order valence-corrected chi connectivity index (χ2v) is 7.77. The molecule has 0 bridgehead atoms. The number of hydrogen-bond acceptors (Lipinski definition) is 4. The van der Waals surface area contributed by atoms with Gasteiger partial charge in [0.1, 0.15) is 17.9 Å². The monoisotopic (exact) mass is 395 g/mol. The average molecular weight is 396 g/mol. The number of carbonyl (C=O) groups is 1. The van der Waals surface area contributed by atoms with Gasteiger partial charge >= 0.3 is 5.97 Å². The molecule has 0 N–H and O–H groups in total. The molecule has 4 nitrogen and oxygen atoms in total. The van der Waals surface area contributed by atoms with Gasteiger partial charge < -0.3 is 14.4 Å². The molecule has 0 heterocycles. The molecule has 0 amide bonds. The largest absolute Gasteiger partial charge is 0.488 e. The van der Waals surface area contributed by atoms with Crippen LogP contribution in [0.25, 0.3) is 0 Å². The maximum absolute atomic E-state index is 12.6. The smallest absolute Gasteiger partial charge is 0.341 e. The second-order valence-electron chi connectivity index (χ2n) is 7.77. The summed E-state index contributed by atoms with van der Waals surface area (Å²) in [6, 6.07) is 14.7. The Morgan fingerprint density at radius 1 is 1.07 bits per heavy atom. The van der Waals surface area contributed by atoms with E-state index in [1.165, 1.54) is 25.5 Å². The molecule has 2 aromatic rings. The molecule has 0 fully saturated rings. The Hall–Kier alpha value is -2.33. The molecule has 0 aromatic heterocycles. The van der Waals surface area contributed by atoms with E-state index in [9.17, 15) is 4.79 Å². The van der Waals surface area contributed by atoms with Gasteiger partial charge in [-0.3, -0.25) is 0 Å². The van der Waals surface area contributed by atoms with Gasteiger partial charge in [0.15, 0.2) is 0 Å². The van der Waals surface area contributed by atoms with Gasteiger partial charge in [0.25, 0.3) is 0 Å². The van der Waals surface area contributed by atoms with Crippen LogP contribution in [0.4, 0.5) is 0 Å². The first kappa shape index (κ1) is 21.4. The molecular weight excluding hydrogens is 362 g/mol. The molecule has 0 saturated heterocycles. The molecule has 1 aliphatic rings. The highest BCUT2D eigenvalue weighted by Gasteiger charge is 2.29. The maximum atomic E-state index is 12.6. The number of methoxy groups -OCH3 is 1. The summed E-state index contributed by atoms with van der Waals surface area (Å²) in [6.45, 7) is 7.19. The predicted molar refractivity (Wildman–Crippen MR) is 117 cm³/mol. The lowest BCUT2D eigenvalue weighted by Gasteiger charge is -2.35. The Morgan fingerprint density at radius 2 is 1.79 bits per heavy atom. The lowest BCUT2D eigenvalue weighted by atomic mass is 9.84. The van der Waals surface area contributed by atoms with Crippen molar-refractivity contribution < 1.29 is 14.3 Å². The van der Waals surface area contributed by atoms with Crippen molar-refractivity contribution in [3.63, 3.8) is 0 Å². The molecule has 0 unspecified atom stereocenters. The zero-order valence-electron chi connectivity index (χ0n) is 17.9. The van der Waals surface area contributed by atoms with Gasteiger partial charge in [0.05, 0.1) is 7.11 Å². The Bertz CT molecular complexity index is 797. The van der Waals surface area contributed by atoms with Crippen LogP contribution in [0.1, 0.15) is 60.2 Å². The second kappa shape index (κ2) is 10.4. The molecule has 0 spiro atoms. The van der Waals surface area contributed by atoms with Gasteiger partial charge in [-0.25, -0.2) is 4.79 Å². The van der Waals surface area contributed by atoms with Crippen molar-refractivity contribution in [1.82, 2.24) is 4.90 Å². The molecular formula is C25H33NO3. The summed E-state index contributed by atoms with van der Waals surface area (Å²) in [4.78, 5) is 15.2. The van der Waals surface area contributed by atoms with Gasteiger partial charge in [0, 0.05) is 6.04 Å². The highest BCUT2D eigenvalue weighted by molar-refractivity contribution is 5.94. The van der Waals surface area contributed by atoms with E-state index >= 15 is 0 Å². The minimum Gasteiger partial charge on any atom is -0.488 e. The Morgan fingerprint density at radius 3 is 2.45 bits per heavy atom. The van der Waals surface area contributed by atoms with E-state index in [2.05, 4.69) is 24.8 Å². The fourth-order valence-corrected chi connectivity index (χ4v) is 4.36. The van der Waals surface area contributed by atoms with Crippen molar-refractivity contribution in [3.8, 4) is 5.75 Å². The number of nitrogens with zero attached hydrogens (tertiary/aromatic N) is 1. The molecule has 3 rings (SSSR count). The third kappa shape index (κ3) is 5.18. The van der Waals surface area contributed by atoms with Crippen molar-refractivity contribution in [2.24, 2.45) is 0 Å². The number of rotatable bonds is 9. The minimum atomic E-state index is -0.303. The standard InChI is InChI=1S/C25H33NO3/c1-4-15-26(16-5-2)21-12-13-22-20(17-21)11-14-23(24(22)25(27)28-3)29-18-19-9-7-6-8-10-19/h6-11,14,21H,4-5,12-13,15-18H2,1-3H3/t21-/m0/s1. The van der Waals surface area contributed by atoms with Crippen molar-refractivity contribution >= 4 is 5.97 Å². The summed E-state index contributed by atoms with van der Waals surface area (Å²) >= 11 is 0. The van der Waals surface area contributed by atoms with Crippen LogP contribution < -0.4 is 4.74 Å². The number of carbonyl (C=O) groups excluding carboxylic acids is 1. The highest BCUT2D eigenvalue weighted by atomic mass is 16.5. The zero-order chi connectivity index (χ0) is 20.6. The molecule has 0 saturated carbocycles. The summed E-state index contributed by atoms with van der Waals surface area (Å²) in [5.74, 6) is 0.319. The first-order chi connectivity index (χ1) is 14.2. The lowest BCUT2D eigenvalue weighted by Crippen LogP contribution is -2.40. The third-order valence-electron chi connectivity index (χ3n) is 5.72. The third-order valence-corrected chi connectivity index (χ3v) is 5.72. The normalized spacial score (nSPS) is 15.8. The van der Waals surface area contributed by atoms with Crippen molar-refractivity contribution in [3.05, 3.63) is 64.7 Å². The molecule has 1 aliphatic carbocycles. The minimum absolute atomic E-state index is 0.303. The molecule has 4 heteroatoms. The Balaban J connectivity index is 1.84. The Kier molecular flexibility index (Phi) is 7.70. The van der Waals surface area contributed by atoms with Gasteiger partial charge in [-0.05, 0) is 68.0 Å². The Labute approximate surface area is 174 Å². The van der Waals surface area contributed by atoms with Gasteiger partial charge in [-0.2, -0.15) is 0 Å². The maximum Gasteiger partial charge on any atom is 0.341 e. The molecule has 0 radical (unpaired) electrons. The fraction of sp³-hybridized carbons (Fsp3) is 0.480. The van der Waals surface area contributed by atoms with Crippen LogP contribution >= 0.6 is 0 Å². The average Bonchev–Trinajstić information content (AvgIpc) is 2.77. The van der Waals surface area contributed by atoms with Crippen LogP contribution in [0.3, 0.4) is 0 Å². The van der Waals surface area contributed by atoms with Crippen LogP contribution in [0.15, 0.2) is 42.5 Å². The first-order valence-electron chi connectivity index (χ1n) is 10.8.